The predicted molar refractivity (Wildman–Crippen MR) is 64.0 cm³/mol. The van der Waals surface area contributed by atoms with Gasteiger partial charge in [0.05, 0.1) is 13.2 Å². The van der Waals surface area contributed by atoms with Crippen LogP contribution in [0.5, 0.6) is 0 Å². The Morgan fingerprint density at radius 3 is 2.13 bits per heavy atom. The minimum absolute atomic E-state index is 0.607. The summed E-state index contributed by atoms with van der Waals surface area (Å²) in [5, 5.41) is 0. The van der Waals surface area contributed by atoms with E-state index in [0.717, 1.165) is 13.0 Å². The third-order valence-electron chi connectivity index (χ3n) is 2.36. The molecule has 1 rings (SSSR count). The minimum atomic E-state index is 0.607. The van der Waals surface area contributed by atoms with Crippen molar-refractivity contribution < 1.29 is 4.74 Å². The van der Waals surface area contributed by atoms with Crippen molar-refractivity contribution in [1.82, 2.24) is 0 Å². The van der Waals surface area contributed by atoms with E-state index in [9.17, 15) is 0 Å². The van der Waals surface area contributed by atoms with Gasteiger partial charge < -0.3 is 10.5 Å². The highest BCUT2D eigenvalue weighted by molar-refractivity contribution is 5.22. The standard InChI is InChI=1S/C13H21NO/c1-2-3-12-4-6-13(7-5-12)8-10-15-11-9-14/h4-7H,2-3,8-11,14H2,1H3. The fourth-order valence-electron chi connectivity index (χ4n) is 1.54. The van der Waals surface area contributed by atoms with Crippen LogP contribution in [-0.4, -0.2) is 19.8 Å². The van der Waals surface area contributed by atoms with Gasteiger partial charge in [0.25, 0.3) is 0 Å². The van der Waals surface area contributed by atoms with Crippen molar-refractivity contribution in [3.05, 3.63) is 35.4 Å². The maximum Gasteiger partial charge on any atom is 0.0588 e. The molecule has 0 saturated carbocycles. The Balaban J connectivity index is 2.29. The molecule has 0 spiro atoms. The lowest BCUT2D eigenvalue weighted by Crippen LogP contribution is -2.10. The third kappa shape index (κ3) is 4.96. The number of rotatable bonds is 7. The Hall–Kier alpha value is -0.860. The van der Waals surface area contributed by atoms with E-state index in [0.29, 0.717) is 13.2 Å². The molecule has 1 aromatic carbocycles. The van der Waals surface area contributed by atoms with E-state index in [1.807, 2.05) is 0 Å². The van der Waals surface area contributed by atoms with Crippen LogP contribution in [0.2, 0.25) is 0 Å². The molecule has 0 aliphatic heterocycles. The molecule has 0 radical (unpaired) electrons. The van der Waals surface area contributed by atoms with Gasteiger partial charge in [-0.25, -0.2) is 0 Å². The normalized spacial score (nSPS) is 10.5. The lowest BCUT2D eigenvalue weighted by molar-refractivity contribution is 0.145. The number of aryl methyl sites for hydroxylation is 1. The molecule has 0 atom stereocenters. The Morgan fingerprint density at radius 2 is 1.60 bits per heavy atom. The molecule has 2 nitrogen and oxygen atoms in total. The zero-order valence-corrected chi connectivity index (χ0v) is 9.54. The van der Waals surface area contributed by atoms with Gasteiger partial charge in [-0.05, 0) is 24.0 Å². The van der Waals surface area contributed by atoms with Crippen molar-refractivity contribution in [2.24, 2.45) is 5.73 Å². The monoisotopic (exact) mass is 207 g/mol. The molecular formula is C13H21NO. The van der Waals surface area contributed by atoms with E-state index in [2.05, 4.69) is 31.2 Å². The molecule has 2 heteroatoms. The summed E-state index contributed by atoms with van der Waals surface area (Å²) in [5.41, 5.74) is 8.10. The van der Waals surface area contributed by atoms with Crippen LogP contribution < -0.4 is 5.73 Å². The van der Waals surface area contributed by atoms with Crippen LogP contribution in [0, 0.1) is 0 Å². The molecule has 0 aliphatic rings. The summed E-state index contributed by atoms with van der Waals surface area (Å²) in [4.78, 5) is 0. The molecule has 0 amide bonds. The fraction of sp³-hybridized carbons (Fsp3) is 0.538. The van der Waals surface area contributed by atoms with E-state index in [1.54, 1.807) is 0 Å². The van der Waals surface area contributed by atoms with Crippen molar-refractivity contribution in [3.63, 3.8) is 0 Å². The summed E-state index contributed by atoms with van der Waals surface area (Å²) in [7, 11) is 0. The zero-order chi connectivity index (χ0) is 10.9. The van der Waals surface area contributed by atoms with E-state index >= 15 is 0 Å². The van der Waals surface area contributed by atoms with Gasteiger partial charge in [0, 0.05) is 6.54 Å². The minimum Gasteiger partial charge on any atom is -0.380 e. The van der Waals surface area contributed by atoms with Gasteiger partial charge in [-0.1, -0.05) is 37.6 Å². The topological polar surface area (TPSA) is 35.2 Å². The number of nitrogens with two attached hydrogens (primary N) is 1. The first-order valence-electron chi connectivity index (χ1n) is 5.72. The number of hydrogen-bond donors (Lipinski definition) is 1. The van der Waals surface area contributed by atoms with Crippen molar-refractivity contribution in [2.45, 2.75) is 26.2 Å². The summed E-state index contributed by atoms with van der Waals surface area (Å²) in [6.45, 7) is 4.24. The lowest BCUT2D eigenvalue weighted by Gasteiger charge is -2.04. The number of hydrogen-bond acceptors (Lipinski definition) is 2. The van der Waals surface area contributed by atoms with E-state index in [-0.39, 0.29) is 0 Å². The molecule has 2 N–H and O–H groups in total. The molecule has 84 valence electrons. The average Bonchev–Trinajstić information content (AvgIpc) is 2.27. The SMILES string of the molecule is CCCc1ccc(CCOCCN)cc1. The summed E-state index contributed by atoms with van der Waals surface area (Å²) in [6.07, 6.45) is 3.36. The molecule has 15 heavy (non-hydrogen) atoms. The predicted octanol–water partition coefficient (Wildman–Crippen LogP) is 2.16. The Kier molecular flexibility index (Phi) is 6.05. The van der Waals surface area contributed by atoms with Crippen LogP contribution in [0.25, 0.3) is 0 Å². The summed E-state index contributed by atoms with van der Waals surface area (Å²) in [5.74, 6) is 0. The quantitative estimate of drug-likeness (QED) is 0.695. The Bertz CT molecular complexity index is 256. The molecule has 0 fully saturated rings. The van der Waals surface area contributed by atoms with E-state index in [4.69, 9.17) is 10.5 Å². The molecular weight excluding hydrogens is 186 g/mol. The number of benzene rings is 1. The van der Waals surface area contributed by atoms with Crippen LogP contribution in [0.4, 0.5) is 0 Å². The van der Waals surface area contributed by atoms with Gasteiger partial charge >= 0.3 is 0 Å². The van der Waals surface area contributed by atoms with Gasteiger partial charge in [-0.3, -0.25) is 0 Å². The maximum atomic E-state index is 5.34. The Labute approximate surface area is 92.4 Å². The summed E-state index contributed by atoms with van der Waals surface area (Å²) < 4.78 is 5.34. The smallest absolute Gasteiger partial charge is 0.0588 e. The Morgan fingerprint density at radius 1 is 1.00 bits per heavy atom. The van der Waals surface area contributed by atoms with Crippen LogP contribution in [0.1, 0.15) is 24.5 Å². The number of ether oxygens (including phenoxy) is 1. The first-order valence-corrected chi connectivity index (χ1v) is 5.72. The lowest BCUT2D eigenvalue weighted by atomic mass is 10.1. The van der Waals surface area contributed by atoms with Crippen LogP contribution >= 0.6 is 0 Å². The van der Waals surface area contributed by atoms with Crippen molar-refractivity contribution >= 4 is 0 Å². The molecule has 0 heterocycles. The third-order valence-corrected chi connectivity index (χ3v) is 2.36. The van der Waals surface area contributed by atoms with Gasteiger partial charge in [0.1, 0.15) is 0 Å². The first-order chi connectivity index (χ1) is 7.36. The average molecular weight is 207 g/mol. The second kappa shape index (κ2) is 7.43. The first kappa shape index (κ1) is 12.2. The van der Waals surface area contributed by atoms with E-state index < -0.39 is 0 Å². The van der Waals surface area contributed by atoms with E-state index in [1.165, 1.54) is 24.0 Å². The van der Waals surface area contributed by atoms with Crippen LogP contribution in [0.15, 0.2) is 24.3 Å². The highest BCUT2D eigenvalue weighted by Crippen LogP contribution is 2.07. The molecule has 0 saturated heterocycles. The molecule has 0 aliphatic carbocycles. The zero-order valence-electron chi connectivity index (χ0n) is 9.54. The van der Waals surface area contributed by atoms with Crippen molar-refractivity contribution in [1.29, 1.82) is 0 Å². The van der Waals surface area contributed by atoms with Gasteiger partial charge in [-0.2, -0.15) is 0 Å². The van der Waals surface area contributed by atoms with Crippen LogP contribution in [-0.2, 0) is 17.6 Å². The van der Waals surface area contributed by atoms with Crippen LogP contribution in [0.3, 0.4) is 0 Å². The largest absolute Gasteiger partial charge is 0.380 e. The summed E-state index contributed by atoms with van der Waals surface area (Å²) in [6, 6.07) is 8.80. The van der Waals surface area contributed by atoms with Gasteiger partial charge in [-0.15, -0.1) is 0 Å². The molecule has 1 aromatic rings. The van der Waals surface area contributed by atoms with Crippen molar-refractivity contribution in [3.8, 4) is 0 Å². The fourth-order valence-corrected chi connectivity index (χ4v) is 1.54. The summed E-state index contributed by atoms with van der Waals surface area (Å²) >= 11 is 0. The van der Waals surface area contributed by atoms with Gasteiger partial charge in [0.15, 0.2) is 0 Å². The maximum absolute atomic E-state index is 5.34. The van der Waals surface area contributed by atoms with Gasteiger partial charge in [0.2, 0.25) is 0 Å². The molecule has 0 aromatic heterocycles. The second-order valence-electron chi connectivity index (χ2n) is 3.72. The second-order valence-corrected chi connectivity index (χ2v) is 3.72. The van der Waals surface area contributed by atoms with Crippen molar-refractivity contribution in [2.75, 3.05) is 19.8 Å². The molecule has 0 bridgehead atoms. The molecule has 0 unspecified atom stereocenters. The highest BCUT2D eigenvalue weighted by Gasteiger charge is 1.94. The highest BCUT2D eigenvalue weighted by atomic mass is 16.5.